The molecule has 1 N–H and O–H groups in total. The van der Waals surface area contributed by atoms with Crippen molar-refractivity contribution >= 4 is 15.9 Å². The molecule has 0 amide bonds. The maximum atomic E-state index is 14.8. The number of hydrogen-bond acceptors (Lipinski definition) is 1. The van der Waals surface area contributed by atoms with Crippen LogP contribution in [0.15, 0.2) is 16.6 Å². The summed E-state index contributed by atoms with van der Waals surface area (Å²) in [5.41, 5.74) is -2.50. The predicted octanol–water partition coefficient (Wildman–Crippen LogP) is 4.44. The van der Waals surface area contributed by atoms with E-state index in [4.69, 9.17) is 0 Å². The summed E-state index contributed by atoms with van der Waals surface area (Å²) in [5, 5.41) is 3.20. The van der Waals surface area contributed by atoms with Crippen molar-refractivity contribution in [3.63, 3.8) is 0 Å². The van der Waals surface area contributed by atoms with E-state index in [1.54, 1.807) is 0 Å². The summed E-state index contributed by atoms with van der Waals surface area (Å²) in [6.07, 6.45) is 3.02. The Morgan fingerprint density at radius 2 is 2.11 bits per heavy atom. The first kappa shape index (κ1) is 14.9. The van der Waals surface area contributed by atoms with E-state index in [2.05, 4.69) is 21.2 Å². The van der Waals surface area contributed by atoms with Gasteiger partial charge in [0.1, 0.15) is 17.3 Å². The van der Waals surface area contributed by atoms with Gasteiger partial charge in [-0.2, -0.15) is 0 Å². The van der Waals surface area contributed by atoms with Crippen molar-refractivity contribution in [2.75, 3.05) is 6.54 Å². The lowest BCUT2D eigenvalue weighted by molar-refractivity contribution is 0.135. The van der Waals surface area contributed by atoms with Crippen LogP contribution in [-0.4, -0.2) is 12.6 Å². The first-order valence-corrected chi connectivity index (χ1v) is 7.27. The molecule has 1 heterocycles. The van der Waals surface area contributed by atoms with Crippen LogP contribution in [-0.2, 0) is 5.67 Å². The average molecular weight is 336 g/mol. The smallest absolute Gasteiger partial charge is 0.146 e. The molecule has 106 valence electrons. The molecule has 0 bridgehead atoms. The van der Waals surface area contributed by atoms with Crippen molar-refractivity contribution in [2.45, 2.75) is 44.3 Å². The van der Waals surface area contributed by atoms with Gasteiger partial charge >= 0.3 is 0 Å². The normalized spacial score (nSPS) is 23.1. The lowest BCUT2D eigenvalue weighted by Crippen LogP contribution is -2.38. The van der Waals surface area contributed by atoms with Gasteiger partial charge < -0.3 is 5.32 Å². The molecule has 1 aromatic carbocycles. The highest BCUT2D eigenvalue weighted by Gasteiger charge is 2.36. The molecule has 1 nitrogen and oxygen atoms in total. The maximum absolute atomic E-state index is 14.8. The third-order valence-corrected chi connectivity index (χ3v) is 4.22. The minimum atomic E-state index is -2.02. The molecular weight excluding hydrogens is 319 g/mol. The molecule has 5 heteroatoms. The quantitative estimate of drug-likeness (QED) is 0.805. The second-order valence-corrected chi connectivity index (χ2v) is 6.12. The molecule has 1 aliphatic rings. The number of halogens is 4. The molecule has 1 saturated heterocycles. The van der Waals surface area contributed by atoms with Gasteiger partial charge in [-0.25, -0.2) is 13.2 Å². The van der Waals surface area contributed by atoms with E-state index in [-0.39, 0.29) is 16.9 Å². The van der Waals surface area contributed by atoms with Gasteiger partial charge in [0.15, 0.2) is 0 Å². The fourth-order valence-corrected chi connectivity index (χ4v) is 3.00. The zero-order valence-electron chi connectivity index (χ0n) is 10.8. The van der Waals surface area contributed by atoms with Crippen molar-refractivity contribution < 1.29 is 13.2 Å². The van der Waals surface area contributed by atoms with Crippen molar-refractivity contribution in [3.8, 4) is 0 Å². The van der Waals surface area contributed by atoms with Crippen LogP contribution in [0.4, 0.5) is 13.2 Å². The van der Waals surface area contributed by atoms with Crippen LogP contribution < -0.4 is 5.32 Å². The Bertz CT molecular complexity index is 456. The molecular formula is C14H17BrF3N. The molecule has 2 unspecified atom stereocenters. The second kappa shape index (κ2) is 5.83. The zero-order valence-corrected chi connectivity index (χ0v) is 12.4. The molecule has 0 spiro atoms. The van der Waals surface area contributed by atoms with Crippen molar-refractivity contribution in [1.29, 1.82) is 0 Å². The Balaban J connectivity index is 2.25. The molecule has 0 radical (unpaired) electrons. The van der Waals surface area contributed by atoms with Gasteiger partial charge in [-0.15, -0.1) is 0 Å². The van der Waals surface area contributed by atoms with E-state index in [9.17, 15) is 13.2 Å². The minimum Gasteiger partial charge on any atom is -0.314 e. The molecule has 0 saturated carbocycles. The Morgan fingerprint density at radius 3 is 2.74 bits per heavy atom. The second-order valence-electron chi connectivity index (χ2n) is 5.27. The third kappa shape index (κ3) is 3.31. The van der Waals surface area contributed by atoms with E-state index in [0.717, 1.165) is 31.9 Å². The molecule has 1 aliphatic heterocycles. The first-order valence-electron chi connectivity index (χ1n) is 6.48. The van der Waals surface area contributed by atoms with Crippen molar-refractivity contribution in [3.05, 3.63) is 33.8 Å². The third-order valence-electron chi connectivity index (χ3n) is 3.61. The molecule has 1 aromatic rings. The van der Waals surface area contributed by atoms with Gasteiger partial charge in [0.25, 0.3) is 0 Å². The number of alkyl halides is 1. The van der Waals surface area contributed by atoms with Gasteiger partial charge in [-0.05, 0) is 54.4 Å². The van der Waals surface area contributed by atoms with Gasteiger partial charge in [0, 0.05) is 12.5 Å². The van der Waals surface area contributed by atoms with E-state index in [1.807, 2.05) is 0 Å². The van der Waals surface area contributed by atoms with Gasteiger partial charge in [0.05, 0.1) is 10.0 Å². The molecule has 2 atom stereocenters. The van der Waals surface area contributed by atoms with Crippen LogP contribution in [0.2, 0.25) is 0 Å². The molecule has 19 heavy (non-hydrogen) atoms. The van der Waals surface area contributed by atoms with Crippen LogP contribution in [0.5, 0.6) is 0 Å². The summed E-state index contributed by atoms with van der Waals surface area (Å²) in [7, 11) is 0. The predicted molar refractivity (Wildman–Crippen MR) is 72.8 cm³/mol. The van der Waals surface area contributed by atoms with E-state index in [1.165, 1.54) is 13.0 Å². The SMILES string of the molecule is CC(F)(CC1CCCCN1)c1c(F)ccc(Br)c1F. The van der Waals surface area contributed by atoms with Gasteiger partial charge in [-0.3, -0.25) is 0 Å². The lowest BCUT2D eigenvalue weighted by Gasteiger charge is -2.30. The summed E-state index contributed by atoms with van der Waals surface area (Å²) in [4.78, 5) is 0. The fourth-order valence-electron chi connectivity index (χ4n) is 2.67. The Hall–Kier alpha value is -0.550. The van der Waals surface area contributed by atoms with Crippen LogP contribution in [0, 0.1) is 11.6 Å². The molecule has 0 aliphatic carbocycles. The number of rotatable bonds is 3. The van der Waals surface area contributed by atoms with Gasteiger partial charge in [0.2, 0.25) is 0 Å². The molecule has 1 fully saturated rings. The largest absolute Gasteiger partial charge is 0.314 e. The Kier molecular flexibility index (Phi) is 4.56. The monoisotopic (exact) mass is 335 g/mol. The van der Waals surface area contributed by atoms with Crippen LogP contribution in [0.25, 0.3) is 0 Å². The van der Waals surface area contributed by atoms with Crippen LogP contribution in [0.1, 0.15) is 38.2 Å². The zero-order chi connectivity index (χ0) is 14.0. The highest BCUT2D eigenvalue weighted by Crippen LogP contribution is 2.37. The van der Waals surface area contributed by atoms with E-state index < -0.39 is 22.9 Å². The highest BCUT2D eigenvalue weighted by atomic mass is 79.9. The Labute approximate surface area is 119 Å². The molecule has 0 aromatic heterocycles. The number of piperidine rings is 1. The lowest BCUT2D eigenvalue weighted by atomic mass is 9.87. The fraction of sp³-hybridized carbons (Fsp3) is 0.571. The summed E-state index contributed by atoms with van der Waals surface area (Å²) < 4.78 is 42.6. The van der Waals surface area contributed by atoms with Crippen molar-refractivity contribution in [1.82, 2.24) is 5.32 Å². The average Bonchev–Trinajstić information content (AvgIpc) is 2.35. The van der Waals surface area contributed by atoms with Crippen LogP contribution >= 0.6 is 15.9 Å². The van der Waals surface area contributed by atoms with Crippen molar-refractivity contribution in [2.24, 2.45) is 0 Å². The van der Waals surface area contributed by atoms with E-state index in [0.29, 0.717) is 0 Å². The van der Waals surface area contributed by atoms with E-state index >= 15 is 0 Å². The number of hydrogen-bond donors (Lipinski definition) is 1. The number of benzene rings is 1. The summed E-state index contributed by atoms with van der Waals surface area (Å²) in [6.45, 7) is 2.08. The first-order chi connectivity index (χ1) is 8.92. The minimum absolute atomic E-state index is 0.0264. The number of nitrogens with one attached hydrogen (secondary N) is 1. The topological polar surface area (TPSA) is 12.0 Å². The van der Waals surface area contributed by atoms with Gasteiger partial charge in [-0.1, -0.05) is 6.42 Å². The summed E-state index contributed by atoms with van der Waals surface area (Å²) in [6, 6.07) is 2.32. The summed E-state index contributed by atoms with van der Waals surface area (Å²) in [5.74, 6) is -1.68. The molecule has 2 rings (SSSR count). The maximum Gasteiger partial charge on any atom is 0.146 e. The van der Waals surface area contributed by atoms with Crippen LogP contribution in [0.3, 0.4) is 0 Å². The summed E-state index contributed by atoms with van der Waals surface area (Å²) >= 11 is 2.97. The Morgan fingerprint density at radius 1 is 1.37 bits per heavy atom. The highest BCUT2D eigenvalue weighted by molar-refractivity contribution is 9.10. The standard InChI is InChI=1S/C14H17BrF3N/c1-14(18,8-9-4-2-3-7-19-9)12-11(16)6-5-10(15)13(12)17/h5-6,9,19H,2-4,7-8H2,1H3.